The zero-order valence-corrected chi connectivity index (χ0v) is 21.3. The quantitative estimate of drug-likeness (QED) is 0.116. The third kappa shape index (κ3) is 9.21. The summed E-state index contributed by atoms with van der Waals surface area (Å²) in [5.74, 6) is 0.160. The summed E-state index contributed by atoms with van der Waals surface area (Å²) in [7, 11) is 0. The Morgan fingerprint density at radius 1 is 0.778 bits per heavy atom. The summed E-state index contributed by atoms with van der Waals surface area (Å²) in [6.45, 7) is 4.66. The smallest absolute Gasteiger partial charge is 0.186 e. The highest BCUT2D eigenvalue weighted by Crippen LogP contribution is 2.24. The highest BCUT2D eigenvalue weighted by atomic mass is 16.7. The van der Waals surface area contributed by atoms with Crippen LogP contribution in [0.25, 0.3) is 0 Å². The van der Waals surface area contributed by atoms with Crippen LogP contribution in [0.5, 0.6) is 0 Å². The van der Waals surface area contributed by atoms with Crippen molar-refractivity contribution >= 4 is 5.78 Å². The standard InChI is InChI=1S/C24H45NO11/c1-14(27)7-4-3-5-9-25(10-6-8-16-19(29)21(31)18(28)15(2)35-16)11-12-34-24-23(33)22(32)20(30)17(13-26)36-24/h15-24,26,28-33H,3-13H2,1-2H3/t15-,16-,17+,18+,19+,20+,21+,22-,23-,24+/m0/s1. The fourth-order valence-electron chi connectivity index (χ4n) is 4.62. The third-order valence-corrected chi connectivity index (χ3v) is 6.96. The summed E-state index contributed by atoms with van der Waals surface area (Å²) >= 11 is 0. The number of ether oxygens (including phenoxy) is 3. The molecule has 0 aromatic heterocycles. The summed E-state index contributed by atoms with van der Waals surface area (Å²) in [4.78, 5) is 13.3. The van der Waals surface area contributed by atoms with Crippen LogP contribution in [0.1, 0.15) is 52.4 Å². The van der Waals surface area contributed by atoms with Crippen molar-refractivity contribution in [2.75, 3.05) is 32.8 Å². The Morgan fingerprint density at radius 3 is 2.08 bits per heavy atom. The maximum atomic E-state index is 11.2. The van der Waals surface area contributed by atoms with Gasteiger partial charge in [0, 0.05) is 13.0 Å². The van der Waals surface area contributed by atoms with Crippen molar-refractivity contribution in [2.24, 2.45) is 0 Å². The van der Waals surface area contributed by atoms with Gasteiger partial charge in [0.2, 0.25) is 0 Å². The van der Waals surface area contributed by atoms with E-state index in [0.29, 0.717) is 32.4 Å². The molecule has 2 saturated heterocycles. The molecule has 12 nitrogen and oxygen atoms in total. The molecule has 0 saturated carbocycles. The molecule has 0 aliphatic carbocycles. The first kappa shape index (κ1) is 31.4. The molecule has 2 aliphatic heterocycles. The van der Waals surface area contributed by atoms with Gasteiger partial charge in [-0.2, -0.15) is 0 Å². The Bertz CT molecular complexity index is 639. The average molecular weight is 524 g/mol. The van der Waals surface area contributed by atoms with Gasteiger partial charge in [-0.15, -0.1) is 0 Å². The first-order valence-electron chi connectivity index (χ1n) is 12.9. The van der Waals surface area contributed by atoms with Gasteiger partial charge in [-0.25, -0.2) is 0 Å². The van der Waals surface area contributed by atoms with Crippen molar-refractivity contribution in [3.8, 4) is 0 Å². The molecular weight excluding hydrogens is 478 g/mol. The lowest BCUT2D eigenvalue weighted by Crippen LogP contribution is -2.59. The van der Waals surface area contributed by atoms with Gasteiger partial charge >= 0.3 is 0 Å². The van der Waals surface area contributed by atoms with Crippen LogP contribution in [-0.4, -0.2) is 141 Å². The molecule has 212 valence electrons. The molecule has 0 radical (unpaired) electrons. The van der Waals surface area contributed by atoms with Gasteiger partial charge in [0.25, 0.3) is 0 Å². The molecule has 0 bridgehead atoms. The number of unbranched alkanes of at least 4 members (excludes halogenated alkanes) is 2. The fourth-order valence-corrected chi connectivity index (χ4v) is 4.62. The Morgan fingerprint density at radius 2 is 1.42 bits per heavy atom. The summed E-state index contributed by atoms with van der Waals surface area (Å²) in [5, 5.41) is 69.4. The van der Waals surface area contributed by atoms with E-state index in [0.717, 1.165) is 25.8 Å². The summed E-state index contributed by atoms with van der Waals surface area (Å²) in [6.07, 6.45) is -7.18. The predicted molar refractivity (Wildman–Crippen MR) is 127 cm³/mol. The number of hydrogen-bond acceptors (Lipinski definition) is 12. The Labute approximate surface area is 212 Å². The Kier molecular flexibility index (Phi) is 13.6. The minimum absolute atomic E-state index is 0.153. The molecule has 0 aromatic rings. The molecule has 2 rings (SSSR count). The molecule has 0 amide bonds. The minimum Gasteiger partial charge on any atom is -0.394 e. The van der Waals surface area contributed by atoms with E-state index in [2.05, 4.69) is 4.90 Å². The van der Waals surface area contributed by atoms with Crippen molar-refractivity contribution in [3.63, 3.8) is 0 Å². The van der Waals surface area contributed by atoms with E-state index in [1.54, 1.807) is 13.8 Å². The molecular formula is C24H45NO11. The molecule has 0 unspecified atom stereocenters. The molecule has 0 aromatic carbocycles. The zero-order valence-electron chi connectivity index (χ0n) is 21.3. The molecule has 2 heterocycles. The number of hydrogen-bond donors (Lipinski definition) is 7. The second kappa shape index (κ2) is 15.6. The summed E-state index contributed by atoms with van der Waals surface area (Å²) in [6, 6.07) is 0. The topological polar surface area (TPSA) is 190 Å². The zero-order chi connectivity index (χ0) is 26.8. The molecule has 0 spiro atoms. The fraction of sp³-hybridized carbons (Fsp3) is 0.958. The normalized spacial score (nSPS) is 37.4. The number of carbonyl (C=O) groups is 1. The lowest BCUT2D eigenvalue weighted by molar-refractivity contribution is -0.301. The largest absolute Gasteiger partial charge is 0.394 e. The van der Waals surface area contributed by atoms with E-state index in [4.69, 9.17) is 14.2 Å². The highest BCUT2D eigenvalue weighted by Gasteiger charge is 2.44. The number of nitrogens with zero attached hydrogens (tertiary/aromatic N) is 1. The van der Waals surface area contributed by atoms with E-state index < -0.39 is 67.8 Å². The average Bonchev–Trinajstić information content (AvgIpc) is 2.84. The van der Waals surface area contributed by atoms with Crippen LogP contribution >= 0.6 is 0 Å². The maximum absolute atomic E-state index is 11.2. The Balaban J connectivity index is 1.84. The van der Waals surface area contributed by atoms with Gasteiger partial charge in [-0.1, -0.05) is 6.42 Å². The van der Waals surface area contributed by atoms with Crippen LogP contribution in [0.15, 0.2) is 0 Å². The van der Waals surface area contributed by atoms with Gasteiger partial charge in [0.15, 0.2) is 6.29 Å². The van der Waals surface area contributed by atoms with E-state index in [-0.39, 0.29) is 12.4 Å². The van der Waals surface area contributed by atoms with Gasteiger partial charge in [-0.05, 0) is 52.6 Å². The van der Waals surface area contributed by atoms with E-state index in [1.165, 1.54) is 0 Å². The highest BCUT2D eigenvalue weighted by molar-refractivity contribution is 5.75. The van der Waals surface area contributed by atoms with Crippen LogP contribution in [-0.2, 0) is 19.0 Å². The predicted octanol–water partition coefficient (Wildman–Crippen LogP) is -2.10. The molecule has 7 N–H and O–H groups in total. The molecule has 10 atom stereocenters. The van der Waals surface area contributed by atoms with Crippen LogP contribution in [0.4, 0.5) is 0 Å². The Hall–Kier alpha value is -0.770. The number of aliphatic hydroxyl groups is 7. The van der Waals surface area contributed by atoms with Crippen molar-refractivity contribution < 1.29 is 54.8 Å². The lowest BCUT2D eigenvalue weighted by Gasteiger charge is -2.40. The van der Waals surface area contributed by atoms with Crippen LogP contribution in [0, 0.1) is 0 Å². The SMILES string of the molecule is CC(=O)CCCCCN(CCC[C@@H]1O[C@@H](C)[C@@H](O)[C@@H](O)[C@@H]1O)CCO[C@@H]1O[C@H](CO)[C@@H](O)[C@H](O)[C@@H]1O. The van der Waals surface area contributed by atoms with E-state index >= 15 is 0 Å². The number of ketones is 1. The van der Waals surface area contributed by atoms with Gasteiger partial charge < -0.3 is 59.7 Å². The number of aliphatic hydroxyl groups excluding tert-OH is 7. The first-order valence-corrected chi connectivity index (χ1v) is 12.9. The second-order valence-corrected chi connectivity index (χ2v) is 9.92. The summed E-state index contributed by atoms with van der Waals surface area (Å²) in [5.41, 5.74) is 0. The monoisotopic (exact) mass is 523 g/mol. The van der Waals surface area contributed by atoms with E-state index in [1.807, 2.05) is 0 Å². The van der Waals surface area contributed by atoms with Gasteiger partial charge in [-0.3, -0.25) is 0 Å². The van der Waals surface area contributed by atoms with Crippen LogP contribution < -0.4 is 0 Å². The van der Waals surface area contributed by atoms with E-state index in [9.17, 15) is 40.5 Å². The van der Waals surface area contributed by atoms with Gasteiger partial charge in [0.05, 0.1) is 25.4 Å². The number of rotatable bonds is 15. The van der Waals surface area contributed by atoms with Crippen molar-refractivity contribution in [1.82, 2.24) is 4.90 Å². The van der Waals surface area contributed by atoms with Crippen molar-refractivity contribution in [2.45, 2.75) is 114 Å². The third-order valence-electron chi connectivity index (χ3n) is 6.96. The number of carbonyl (C=O) groups excluding carboxylic acids is 1. The first-order chi connectivity index (χ1) is 17.1. The summed E-state index contributed by atoms with van der Waals surface area (Å²) < 4.78 is 16.7. The second-order valence-electron chi connectivity index (χ2n) is 9.92. The molecule has 12 heteroatoms. The number of Topliss-reactive ketones (excluding diaryl/α,β-unsaturated/α-hetero) is 1. The lowest BCUT2D eigenvalue weighted by atomic mass is 9.93. The van der Waals surface area contributed by atoms with Crippen molar-refractivity contribution in [1.29, 1.82) is 0 Å². The molecule has 2 fully saturated rings. The van der Waals surface area contributed by atoms with Gasteiger partial charge in [0.1, 0.15) is 48.5 Å². The van der Waals surface area contributed by atoms with Crippen molar-refractivity contribution in [3.05, 3.63) is 0 Å². The molecule has 2 aliphatic rings. The maximum Gasteiger partial charge on any atom is 0.186 e. The van der Waals surface area contributed by atoms with Crippen LogP contribution in [0.2, 0.25) is 0 Å². The van der Waals surface area contributed by atoms with Crippen LogP contribution in [0.3, 0.4) is 0 Å². The minimum atomic E-state index is -1.50. The molecule has 36 heavy (non-hydrogen) atoms.